The minimum absolute atomic E-state index is 0.147. The molecule has 39 heavy (non-hydrogen) atoms. The average Bonchev–Trinajstić information content (AvgIpc) is 3.18. The predicted octanol–water partition coefficient (Wildman–Crippen LogP) is 1.45. The minimum atomic E-state index is -1.17. The zero-order valence-corrected chi connectivity index (χ0v) is 23.4. The molecule has 5 atom stereocenters. The molecule has 0 bridgehead atoms. The smallest absolute Gasteiger partial charge is 0.303 e. The summed E-state index contributed by atoms with van der Waals surface area (Å²) >= 11 is 1.10. The van der Waals surface area contributed by atoms with Crippen molar-refractivity contribution < 1.29 is 42.9 Å². The van der Waals surface area contributed by atoms with Gasteiger partial charge in [0.05, 0.1) is 0 Å². The van der Waals surface area contributed by atoms with Crippen LogP contribution in [0, 0.1) is 6.92 Å². The van der Waals surface area contributed by atoms with E-state index in [0.717, 1.165) is 17.3 Å². The van der Waals surface area contributed by atoms with Gasteiger partial charge in [0.2, 0.25) is 5.91 Å². The molecule has 1 saturated heterocycles. The number of thioether (sulfide) groups is 1. The van der Waals surface area contributed by atoms with Crippen molar-refractivity contribution in [1.82, 2.24) is 20.1 Å². The molecule has 212 valence electrons. The Kier molecular flexibility index (Phi) is 10.3. The van der Waals surface area contributed by atoms with Crippen LogP contribution >= 0.6 is 11.8 Å². The van der Waals surface area contributed by atoms with Crippen LogP contribution in [-0.2, 0) is 51.8 Å². The van der Waals surface area contributed by atoms with E-state index in [1.165, 1.54) is 27.7 Å². The van der Waals surface area contributed by atoms with Crippen LogP contribution in [0.15, 0.2) is 29.4 Å². The molecule has 13 nitrogen and oxygen atoms in total. The number of ether oxygens (including phenoxy) is 5. The van der Waals surface area contributed by atoms with Crippen LogP contribution in [0.3, 0.4) is 0 Å². The molecular formula is C25H32N4O9S. The fourth-order valence-corrected chi connectivity index (χ4v) is 5.05. The number of amides is 1. The highest BCUT2D eigenvalue weighted by atomic mass is 32.2. The second-order valence-electron chi connectivity index (χ2n) is 8.90. The lowest BCUT2D eigenvalue weighted by atomic mass is 9.97. The Bertz CT molecular complexity index is 1200. The first-order valence-electron chi connectivity index (χ1n) is 12.1. The Balaban J connectivity index is 1.89. The summed E-state index contributed by atoms with van der Waals surface area (Å²) in [7, 11) is 1.75. The van der Waals surface area contributed by atoms with E-state index in [9.17, 15) is 19.2 Å². The van der Waals surface area contributed by atoms with Crippen LogP contribution in [0.5, 0.6) is 5.75 Å². The summed E-state index contributed by atoms with van der Waals surface area (Å²) in [5.41, 5.74) is 0.150. The first-order valence-corrected chi connectivity index (χ1v) is 13.0. The first kappa shape index (κ1) is 29.9. The number of esters is 3. The summed E-state index contributed by atoms with van der Waals surface area (Å²) < 4.78 is 29.8. The topological polar surface area (TPSA) is 157 Å². The maximum atomic E-state index is 12.1. The molecule has 1 aromatic carbocycles. The van der Waals surface area contributed by atoms with Gasteiger partial charge in [-0.3, -0.25) is 19.2 Å². The Morgan fingerprint density at radius 1 is 1.03 bits per heavy atom. The van der Waals surface area contributed by atoms with Gasteiger partial charge in [-0.05, 0) is 24.6 Å². The van der Waals surface area contributed by atoms with Gasteiger partial charge in [-0.1, -0.05) is 23.9 Å². The van der Waals surface area contributed by atoms with Gasteiger partial charge in [-0.25, -0.2) is 0 Å². The zero-order chi connectivity index (χ0) is 28.7. The molecule has 14 heteroatoms. The normalized spacial score (nSPS) is 22.5. The van der Waals surface area contributed by atoms with Crippen molar-refractivity contribution >= 4 is 35.6 Å². The van der Waals surface area contributed by atoms with E-state index >= 15 is 0 Å². The van der Waals surface area contributed by atoms with E-state index in [1.54, 1.807) is 11.6 Å². The fourth-order valence-electron chi connectivity index (χ4n) is 3.92. The van der Waals surface area contributed by atoms with Crippen molar-refractivity contribution in [3.63, 3.8) is 0 Å². The lowest BCUT2D eigenvalue weighted by Gasteiger charge is -2.44. The number of carbonyl (C=O) groups excluding carboxylic acids is 4. The highest BCUT2D eigenvalue weighted by Crippen LogP contribution is 2.35. The van der Waals surface area contributed by atoms with Crippen molar-refractivity contribution in [3.05, 3.63) is 35.7 Å². The molecule has 0 unspecified atom stereocenters. The molecule has 1 aromatic heterocycles. The summed E-state index contributed by atoms with van der Waals surface area (Å²) in [6, 6.07) is 6.63. The second-order valence-corrected chi connectivity index (χ2v) is 9.97. The Morgan fingerprint density at radius 2 is 1.72 bits per heavy atom. The van der Waals surface area contributed by atoms with E-state index in [-0.39, 0.29) is 13.2 Å². The number of nitrogens with one attached hydrogen (secondary N) is 1. The van der Waals surface area contributed by atoms with Crippen molar-refractivity contribution in [2.75, 3.05) is 6.61 Å². The van der Waals surface area contributed by atoms with Crippen LogP contribution in [0.2, 0.25) is 0 Å². The standard InChI is InChI=1S/C25H32N4O9S/c1-13-8-7-9-18(10-13)35-12-20-27-28-25(29(20)6)39-24-21(26-14(2)30)23(37-17(5)33)22(36-16(4)32)19(38-24)11-34-15(3)31/h7-10,19,21-24H,11-12H2,1-6H3,(H,26,30)/t19-,21-,22+,23-,24+/m0/s1. The van der Waals surface area contributed by atoms with Crippen molar-refractivity contribution in [2.24, 2.45) is 7.05 Å². The molecule has 0 saturated carbocycles. The minimum Gasteiger partial charge on any atom is -0.486 e. The third-order valence-electron chi connectivity index (χ3n) is 5.58. The Hall–Kier alpha value is -3.65. The van der Waals surface area contributed by atoms with Gasteiger partial charge in [0.15, 0.2) is 23.2 Å². The summed E-state index contributed by atoms with van der Waals surface area (Å²) in [5.74, 6) is -1.15. The highest BCUT2D eigenvalue weighted by Gasteiger charge is 2.51. The molecule has 2 aromatic rings. The van der Waals surface area contributed by atoms with Gasteiger partial charge in [0, 0.05) is 34.7 Å². The van der Waals surface area contributed by atoms with Crippen LogP contribution in [-0.4, -0.2) is 75.0 Å². The molecule has 1 N–H and O–H groups in total. The maximum absolute atomic E-state index is 12.1. The summed E-state index contributed by atoms with van der Waals surface area (Å²) in [6.07, 6.45) is -3.33. The van der Waals surface area contributed by atoms with Gasteiger partial charge >= 0.3 is 17.9 Å². The predicted molar refractivity (Wildman–Crippen MR) is 136 cm³/mol. The zero-order valence-electron chi connectivity index (χ0n) is 22.5. The average molecular weight is 565 g/mol. The molecular weight excluding hydrogens is 532 g/mol. The van der Waals surface area contributed by atoms with E-state index in [4.69, 9.17) is 23.7 Å². The molecule has 0 spiro atoms. The van der Waals surface area contributed by atoms with Crippen molar-refractivity contribution in [3.8, 4) is 5.75 Å². The summed E-state index contributed by atoms with van der Waals surface area (Å²) in [4.78, 5) is 47.6. The van der Waals surface area contributed by atoms with E-state index in [0.29, 0.717) is 16.7 Å². The number of hydrogen-bond donors (Lipinski definition) is 1. The lowest BCUT2D eigenvalue weighted by molar-refractivity contribution is -0.211. The fraction of sp³-hybridized carbons (Fsp3) is 0.520. The van der Waals surface area contributed by atoms with Crippen LogP contribution in [0.1, 0.15) is 39.1 Å². The van der Waals surface area contributed by atoms with E-state index < -0.39 is 53.6 Å². The van der Waals surface area contributed by atoms with E-state index in [1.807, 2.05) is 31.2 Å². The van der Waals surface area contributed by atoms with Crippen molar-refractivity contribution in [2.45, 2.75) is 76.2 Å². The number of benzene rings is 1. The molecule has 0 radical (unpaired) electrons. The largest absolute Gasteiger partial charge is 0.486 e. The number of aromatic nitrogens is 3. The van der Waals surface area contributed by atoms with Gasteiger partial charge in [-0.2, -0.15) is 0 Å². The molecule has 1 amide bonds. The molecule has 0 aliphatic carbocycles. The Labute approximate surface area is 229 Å². The van der Waals surface area contributed by atoms with Gasteiger partial charge in [0.25, 0.3) is 0 Å². The van der Waals surface area contributed by atoms with Crippen molar-refractivity contribution in [1.29, 1.82) is 0 Å². The summed E-state index contributed by atoms with van der Waals surface area (Å²) in [5, 5.41) is 11.6. The number of aryl methyl sites for hydroxylation is 1. The third-order valence-corrected chi connectivity index (χ3v) is 6.78. The third kappa shape index (κ3) is 8.42. The lowest BCUT2D eigenvalue weighted by Crippen LogP contribution is -2.65. The molecule has 1 aliphatic heterocycles. The van der Waals surface area contributed by atoms with Gasteiger partial charge < -0.3 is 33.6 Å². The van der Waals surface area contributed by atoms with Crippen LogP contribution in [0.25, 0.3) is 0 Å². The Morgan fingerprint density at radius 3 is 2.33 bits per heavy atom. The maximum Gasteiger partial charge on any atom is 0.303 e. The van der Waals surface area contributed by atoms with Gasteiger partial charge in [0.1, 0.15) is 36.5 Å². The molecule has 1 aliphatic rings. The number of nitrogens with zero attached hydrogens (tertiary/aromatic N) is 3. The van der Waals surface area contributed by atoms with Gasteiger partial charge in [-0.15, -0.1) is 10.2 Å². The van der Waals surface area contributed by atoms with Crippen LogP contribution in [0.4, 0.5) is 0 Å². The summed E-state index contributed by atoms with van der Waals surface area (Å²) in [6.45, 7) is 6.71. The number of carbonyl (C=O) groups is 4. The monoisotopic (exact) mass is 564 g/mol. The molecule has 1 fully saturated rings. The first-order chi connectivity index (χ1) is 18.4. The molecule has 3 rings (SSSR count). The highest BCUT2D eigenvalue weighted by molar-refractivity contribution is 7.99. The SMILES string of the molecule is CC(=O)N[C@H]1[C@H](OC(C)=O)[C@H](OC(C)=O)[C@H](COC(C)=O)O[C@@H]1Sc1nnc(COc2cccc(C)c2)n1C. The molecule has 2 heterocycles. The van der Waals surface area contributed by atoms with E-state index in [2.05, 4.69) is 15.5 Å². The quantitative estimate of drug-likeness (QED) is 0.328. The number of hydrogen-bond acceptors (Lipinski definition) is 12. The van der Waals surface area contributed by atoms with Crippen LogP contribution < -0.4 is 10.1 Å². The number of rotatable bonds is 10. The second kappa shape index (κ2) is 13.4.